The zero-order valence-corrected chi connectivity index (χ0v) is 7.99. The van der Waals surface area contributed by atoms with E-state index in [9.17, 15) is 0 Å². The molecule has 2 aliphatic carbocycles. The Hall–Kier alpha value is -0.790. The first-order valence-corrected chi connectivity index (χ1v) is 4.62. The predicted molar refractivity (Wildman–Crippen MR) is 51.0 cm³/mol. The fraction of sp³-hybridized carbons (Fsp3) is 0.700. The van der Waals surface area contributed by atoms with Gasteiger partial charge in [-0.15, -0.1) is 0 Å². The summed E-state index contributed by atoms with van der Waals surface area (Å²) in [7, 11) is 3.99. The van der Waals surface area contributed by atoms with Crippen LogP contribution in [0.4, 0.5) is 0 Å². The Morgan fingerprint density at radius 3 is 2.67 bits per heavy atom. The van der Waals surface area contributed by atoms with Crippen molar-refractivity contribution in [3.05, 3.63) is 12.2 Å². The van der Waals surface area contributed by atoms with Crippen molar-refractivity contribution in [3.8, 4) is 0 Å². The van der Waals surface area contributed by atoms with Gasteiger partial charge in [0.25, 0.3) is 0 Å². The van der Waals surface area contributed by atoms with Crippen LogP contribution in [0.5, 0.6) is 0 Å². The highest BCUT2D eigenvalue weighted by atomic mass is 15.4. The molecule has 0 aromatic heterocycles. The zero-order chi connectivity index (χ0) is 8.72. The monoisotopic (exact) mass is 164 g/mol. The van der Waals surface area contributed by atoms with Gasteiger partial charge >= 0.3 is 0 Å². The van der Waals surface area contributed by atoms with E-state index in [0.717, 1.165) is 5.92 Å². The summed E-state index contributed by atoms with van der Waals surface area (Å²) >= 11 is 0. The molecule has 2 bridgehead atoms. The second-order valence-electron chi connectivity index (χ2n) is 4.05. The lowest BCUT2D eigenvalue weighted by Gasteiger charge is -2.17. The summed E-state index contributed by atoms with van der Waals surface area (Å²) in [5.41, 5.74) is 1.38. The summed E-state index contributed by atoms with van der Waals surface area (Å²) in [5, 5.41) is 6.46. The van der Waals surface area contributed by atoms with Crippen molar-refractivity contribution in [2.75, 3.05) is 14.1 Å². The highest BCUT2D eigenvalue weighted by Gasteiger charge is 2.38. The third-order valence-corrected chi connectivity index (χ3v) is 2.92. The van der Waals surface area contributed by atoms with Crippen LogP contribution < -0.4 is 0 Å². The number of allylic oxidation sites excluding steroid dienone is 2. The Kier molecular flexibility index (Phi) is 1.71. The van der Waals surface area contributed by atoms with Crippen LogP contribution in [-0.2, 0) is 0 Å². The highest BCUT2D eigenvalue weighted by molar-refractivity contribution is 5.93. The van der Waals surface area contributed by atoms with Crippen molar-refractivity contribution in [2.45, 2.75) is 13.3 Å². The predicted octanol–water partition coefficient (Wildman–Crippen LogP) is 1.75. The molecule has 0 N–H and O–H groups in total. The van der Waals surface area contributed by atoms with Crippen LogP contribution in [0.2, 0.25) is 0 Å². The van der Waals surface area contributed by atoms with Crippen molar-refractivity contribution in [1.29, 1.82) is 0 Å². The number of nitrogens with zero attached hydrogens (tertiary/aromatic N) is 2. The highest BCUT2D eigenvalue weighted by Crippen LogP contribution is 2.41. The van der Waals surface area contributed by atoms with Crippen LogP contribution in [0.3, 0.4) is 0 Å². The quantitative estimate of drug-likeness (QED) is 0.426. The first-order chi connectivity index (χ1) is 5.68. The molecule has 0 heterocycles. The topological polar surface area (TPSA) is 15.6 Å². The Bertz CT molecular complexity index is 240. The SMILES string of the molecule is CC1/C(=N\N(C)C)C2C=CC1C2. The van der Waals surface area contributed by atoms with E-state index in [2.05, 4.69) is 24.2 Å². The minimum atomic E-state index is 0.646. The molecule has 0 saturated heterocycles. The van der Waals surface area contributed by atoms with E-state index in [1.165, 1.54) is 12.1 Å². The van der Waals surface area contributed by atoms with Crippen molar-refractivity contribution in [2.24, 2.45) is 22.9 Å². The molecule has 2 heteroatoms. The van der Waals surface area contributed by atoms with Crippen LogP contribution >= 0.6 is 0 Å². The summed E-state index contributed by atoms with van der Waals surface area (Å²) in [6.07, 6.45) is 5.96. The van der Waals surface area contributed by atoms with E-state index in [4.69, 9.17) is 0 Å². The Balaban J connectivity index is 2.23. The summed E-state index contributed by atoms with van der Waals surface area (Å²) in [6.45, 7) is 2.29. The molecule has 0 aromatic rings. The maximum atomic E-state index is 4.54. The second-order valence-corrected chi connectivity index (χ2v) is 4.05. The zero-order valence-electron chi connectivity index (χ0n) is 7.99. The number of hydrogen-bond acceptors (Lipinski definition) is 2. The molecule has 3 unspecified atom stereocenters. The molecule has 1 fully saturated rings. The second kappa shape index (κ2) is 2.61. The van der Waals surface area contributed by atoms with E-state index in [0.29, 0.717) is 11.8 Å². The largest absolute Gasteiger partial charge is 0.303 e. The molecule has 2 nitrogen and oxygen atoms in total. The molecular weight excluding hydrogens is 148 g/mol. The van der Waals surface area contributed by atoms with Gasteiger partial charge in [-0.25, -0.2) is 0 Å². The van der Waals surface area contributed by atoms with Crippen LogP contribution in [-0.4, -0.2) is 24.8 Å². The lowest BCUT2D eigenvalue weighted by molar-refractivity contribution is 0.430. The fourth-order valence-electron chi connectivity index (χ4n) is 2.27. The lowest BCUT2D eigenvalue weighted by atomic mass is 9.94. The van der Waals surface area contributed by atoms with E-state index < -0.39 is 0 Å². The van der Waals surface area contributed by atoms with E-state index in [1.807, 2.05) is 19.1 Å². The van der Waals surface area contributed by atoms with Gasteiger partial charge in [0.2, 0.25) is 0 Å². The van der Waals surface area contributed by atoms with Gasteiger partial charge < -0.3 is 5.01 Å². The van der Waals surface area contributed by atoms with Crippen LogP contribution in [0.1, 0.15) is 13.3 Å². The summed E-state index contributed by atoms with van der Waals surface area (Å²) in [4.78, 5) is 0. The standard InChI is InChI=1S/C10H16N2/c1-7-8-4-5-9(6-8)10(7)11-12(2)3/h4-5,7-9H,6H2,1-3H3/b11-10+. The number of hydrazone groups is 1. The number of fused-ring (bicyclic) bond motifs is 2. The summed E-state index contributed by atoms with van der Waals surface area (Å²) in [5.74, 6) is 2.09. The molecule has 0 spiro atoms. The first kappa shape index (κ1) is 7.84. The molecule has 1 saturated carbocycles. The van der Waals surface area contributed by atoms with E-state index in [1.54, 1.807) is 0 Å². The third kappa shape index (κ3) is 1.06. The van der Waals surface area contributed by atoms with Crippen LogP contribution in [0.15, 0.2) is 17.3 Å². The van der Waals surface area contributed by atoms with Gasteiger partial charge in [0.1, 0.15) is 0 Å². The molecule has 0 aliphatic heterocycles. The molecular formula is C10H16N2. The van der Waals surface area contributed by atoms with Gasteiger partial charge in [-0.3, -0.25) is 0 Å². The Morgan fingerprint density at radius 1 is 1.42 bits per heavy atom. The molecule has 3 atom stereocenters. The molecule has 0 radical (unpaired) electrons. The van der Waals surface area contributed by atoms with Gasteiger partial charge in [0, 0.05) is 31.6 Å². The Morgan fingerprint density at radius 2 is 2.17 bits per heavy atom. The number of rotatable bonds is 1. The first-order valence-electron chi connectivity index (χ1n) is 4.62. The summed E-state index contributed by atoms with van der Waals surface area (Å²) < 4.78 is 0. The van der Waals surface area contributed by atoms with Crippen LogP contribution in [0, 0.1) is 17.8 Å². The van der Waals surface area contributed by atoms with Crippen molar-refractivity contribution >= 4 is 5.71 Å². The minimum absolute atomic E-state index is 0.646. The lowest BCUT2D eigenvalue weighted by Crippen LogP contribution is -2.19. The van der Waals surface area contributed by atoms with Gasteiger partial charge in [0.15, 0.2) is 0 Å². The molecule has 2 aliphatic rings. The third-order valence-electron chi connectivity index (χ3n) is 2.92. The van der Waals surface area contributed by atoms with Gasteiger partial charge in [-0.05, 0) is 12.3 Å². The number of hydrogen-bond donors (Lipinski definition) is 0. The van der Waals surface area contributed by atoms with E-state index in [-0.39, 0.29) is 0 Å². The smallest absolute Gasteiger partial charge is 0.0483 e. The molecule has 66 valence electrons. The minimum Gasteiger partial charge on any atom is -0.303 e. The maximum Gasteiger partial charge on any atom is 0.0483 e. The van der Waals surface area contributed by atoms with Crippen LogP contribution in [0.25, 0.3) is 0 Å². The average Bonchev–Trinajstić information content (AvgIpc) is 2.53. The Labute approximate surface area is 73.9 Å². The van der Waals surface area contributed by atoms with Gasteiger partial charge in [-0.2, -0.15) is 5.10 Å². The van der Waals surface area contributed by atoms with Crippen molar-refractivity contribution < 1.29 is 0 Å². The van der Waals surface area contributed by atoms with Crippen molar-refractivity contribution in [1.82, 2.24) is 5.01 Å². The normalized spacial score (nSPS) is 41.2. The van der Waals surface area contributed by atoms with Gasteiger partial charge in [0.05, 0.1) is 0 Å². The van der Waals surface area contributed by atoms with Crippen molar-refractivity contribution in [3.63, 3.8) is 0 Å². The van der Waals surface area contributed by atoms with Gasteiger partial charge in [-0.1, -0.05) is 19.1 Å². The molecule has 0 amide bonds. The average molecular weight is 164 g/mol. The molecule has 2 rings (SSSR count). The van der Waals surface area contributed by atoms with E-state index >= 15 is 0 Å². The maximum absolute atomic E-state index is 4.54. The summed E-state index contributed by atoms with van der Waals surface area (Å²) in [6, 6.07) is 0. The molecule has 0 aromatic carbocycles. The molecule has 12 heavy (non-hydrogen) atoms. The fourth-order valence-corrected chi connectivity index (χ4v) is 2.27.